The number of ether oxygens (including phenoxy) is 1. The fourth-order valence-corrected chi connectivity index (χ4v) is 2.99. The topological polar surface area (TPSA) is 86.3 Å². The summed E-state index contributed by atoms with van der Waals surface area (Å²) in [6, 6.07) is 3.81. The molecule has 1 aliphatic heterocycles. The summed E-state index contributed by atoms with van der Waals surface area (Å²) in [7, 11) is 0. The third-order valence-electron chi connectivity index (χ3n) is 4.21. The summed E-state index contributed by atoms with van der Waals surface area (Å²) < 4.78 is 7.81. The van der Waals surface area contributed by atoms with Crippen molar-refractivity contribution in [3.05, 3.63) is 45.4 Å². The summed E-state index contributed by atoms with van der Waals surface area (Å²) in [5.41, 5.74) is 2.77. The van der Waals surface area contributed by atoms with E-state index in [1.54, 1.807) is 13.0 Å². The molecule has 0 spiro atoms. The van der Waals surface area contributed by atoms with E-state index < -0.39 is 4.92 Å². The molecule has 0 radical (unpaired) electrons. The molecule has 0 saturated carbocycles. The third-order valence-corrected chi connectivity index (χ3v) is 4.21. The second-order valence-electron chi connectivity index (χ2n) is 6.13. The summed E-state index contributed by atoms with van der Waals surface area (Å²) >= 11 is 0. The average Bonchev–Trinajstić information content (AvgIpc) is 2.84. The number of pyridine rings is 1. The van der Waals surface area contributed by atoms with Crippen LogP contribution in [0.15, 0.2) is 18.3 Å². The summed E-state index contributed by atoms with van der Waals surface area (Å²) in [6.45, 7) is 8.42. The monoisotopic (exact) mass is 331 g/mol. The van der Waals surface area contributed by atoms with Crippen molar-refractivity contribution in [3.63, 3.8) is 0 Å². The van der Waals surface area contributed by atoms with Gasteiger partial charge in [0.15, 0.2) is 0 Å². The van der Waals surface area contributed by atoms with Crippen molar-refractivity contribution in [2.75, 3.05) is 24.6 Å². The van der Waals surface area contributed by atoms with Gasteiger partial charge in [0.2, 0.25) is 0 Å². The van der Waals surface area contributed by atoms with E-state index in [4.69, 9.17) is 4.74 Å². The smallest absolute Gasteiger partial charge is 0.290 e. The highest BCUT2D eigenvalue weighted by Gasteiger charge is 2.24. The molecule has 1 saturated heterocycles. The Bertz CT molecular complexity index is 758. The van der Waals surface area contributed by atoms with Crippen molar-refractivity contribution in [2.24, 2.45) is 0 Å². The molecule has 1 atom stereocenters. The van der Waals surface area contributed by atoms with Gasteiger partial charge in [-0.2, -0.15) is 5.10 Å². The van der Waals surface area contributed by atoms with Crippen molar-refractivity contribution in [1.82, 2.24) is 14.8 Å². The molecule has 2 aromatic rings. The van der Waals surface area contributed by atoms with Crippen LogP contribution in [0.25, 0.3) is 0 Å². The molecule has 1 fully saturated rings. The second-order valence-corrected chi connectivity index (χ2v) is 6.13. The molecular weight excluding hydrogens is 310 g/mol. The van der Waals surface area contributed by atoms with Crippen LogP contribution < -0.4 is 4.90 Å². The zero-order valence-electron chi connectivity index (χ0n) is 14.1. The van der Waals surface area contributed by atoms with Crippen LogP contribution in [0, 0.1) is 30.9 Å². The summed E-state index contributed by atoms with van der Waals surface area (Å²) in [4.78, 5) is 16.9. The maximum atomic E-state index is 10.9. The Balaban J connectivity index is 1.72. The van der Waals surface area contributed by atoms with Crippen LogP contribution in [-0.2, 0) is 11.3 Å². The Labute approximate surface area is 140 Å². The van der Waals surface area contributed by atoms with Gasteiger partial charge in [0.05, 0.1) is 29.9 Å². The molecule has 128 valence electrons. The molecule has 8 nitrogen and oxygen atoms in total. The Hall–Kier alpha value is -2.48. The lowest BCUT2D eigenvalue weighted by molar-refractivity contribution is -0.385. The molecule has 1 unspecified atom stereocenters. The van der Waals surface area contributed by atoms with Crippen molar-refractivity contribution < 1.29 is 9.66 Å². The zero-order chi connectivity index (χ0) is 17.3. The van der Waals surface area contributed by atoms with Gasteiger partial charge in [0, 0.05) is 24.3 Å². The molecule has 2 aromatic heterocycles. The van der Waals surface area contributed by atoms with Gasteiger partial charge in [-0.25, -0.2) is 4.98 Å². The van der Waals surface area contributed by atoms with Crippen molar-refractivity contribution in [1.29, 1.82) is 0 Å². The number of anilines is 1. The molecule has 24 heavy (non-hydrogen) atoms. The van der Waals surface area contributed by atoms with Gasteiger partial charge in [-0.15, -0.1) is 0 Å². The SMILES string of the molecule is Cc1cc(C)n(CC2CN(c3cc(C)c([N+](=O)[O-])cn3)CCO2)n1. The van der Waals surface area contributed by atoms with E-state index in [1.165, 1.54) is 6.20 Å². The Morgan fingerprint density at radius 1 is 1.38 bits per heavy atom. The summed E-state index contributed by atoms with van der Waals surface area (Å²) in [6.07, 6.45) is 1.34. The first-order valence-electron chi connectivity index (χ1n) is 7.92. The van der Waals surface area contributed by atoms with Crippen molar-refractivity contribution in [3.8, 4) is 0 Å². The minimum Gasteiger partial charge on any atom is -0.373 e. The van der Waals surface area contributed by atoms with E-state index in [-0.39, 0.29) is 11.8 Å². The fraction of sp³-hybridized carbons (Fsp3) is 0.500. The highest BCUT2D eigenvalue weighted by Crippen LogP contribution is 2.23. The normalized spacial score (nSPS) is 18.0. The quantitative estimate of drug-likeness (QED) is 0.629. The fourth-order valence-electron chi connectivity index (χ4n) is 2.99. The van der Waals surface area contributed by atoms with Gasteiger partial charge in [-0.05, 0) is 32.9 Å². The van der Waals surface area contributed by atoms with Gasteiger partial charge in [-0.1, -0.05) is 0 Å². The molecule has 3 rings (SSSR count). The largest absolute Gasteiger partial charge is 0.373 e. The van der Waals surface area contributed by atoms with Gasteiger partial charge in [0.25, 0.3) is 5.69 Å². The molecule has 1 aliphatic rings. The van der Waals surface area contributed by atoms with Crippen LogP contribution in [0.2, 0.25) is 0 Å². The lowest BCUT2D eigenvalue weighted by Gasteiger charge is -2.34. The number of hydrogen-bond acceptors (Lipinski definition) is 6. The highest BCUT2D eigenvalue weighted by atomic mass is 16.6. The van der Waals surface area contributed by atoms with Crippen LogP contribution in [0.1, 0.15) is 17.0 Å². The first-order chi connectivity index (χ1) is 11.4. The van der Waals surface area contributed by atoms with Gasteiger partial charge in [-0.3, -0.25) is 14.8 Å². The van der Waals surface area contributed by atoms with Crippen LogP contribution in [-0.4, -0.2) is 45.5 Å². The van der Waals surface area contributed by atoms with Crippen molar-refractivity contribution in [2.45, 2.75) is 33.4 Å². The van der Waals surface area contributed by atoms with E-state index in [0.717, 1.165) is 23.8 Å². The maximum absolute atomic E-state index is 10.9. The van der Waals surface area contributed by atoms with Gasteiger partial charge in [0.1, 0.15) is 12.0 Å². The minimum absolute atomic E-state index is 0.00838. The number of morpholine rings is 1. The molecule has 3 heterocycles. The van der Waals surface area contributed by atoms with Crippen LogP contribution in [0.5, 0.6) is 0 Å². The Morgan fingerprint density at radius 2 is 2.17 bits per heavy atom. The lowest BCUT2D eigenvalue weighted by atomic mass is 10.2. The first-order valence-corrected chi connectivity index (χ1v) is 7.92. The van der Waals surface area contributed by atoms with Crippen LogP contribution in [0.3, 0.4) is 0 Å². The van der Waals surface area contributed by atoms with Crippen molar-refractivity contribution >= 4 is 11.5 Å². The van der Waals surface area contributed by atoms with E-state index in [9.17, 15) is 10.1 Å². The molecular formula is C16H21N5O3. The van der Waals surface area contributed by atoms with E-state index in [2.05, 4.69) is 15.0 Å². The van der Waals surface area contributed by atoms with E-state index in [1.807, 2.05) is 24.6 Å². The summed E-state index contributed by atoms with van der Waals surface area (Å²) in [5, 5.41) is 15.4. The number of aromatic nitrogens is 3. The number of rotatable bonds is 4. The van der Waals surface area contributed by atoms with Gasteiger partial charge < -0.3 is 9.64 Å². The predicted octanol–water partition coefficient (Wildman–Crippen LogP) is 2.02. The predicted molar refractivity (Wildman–Crippen MR) is 89.3 cm³/mol. The van der Waals surface area contributed by atoms with Gasteiger partial charge >= 0.3 is 0 Å². The number of nitro groups is 1. The van der Waals surface area contributed by atoms with Crippen LogP contribution in [0.4, 0.5) is 11.5 Å². The second kappa shape index (κ2) is 6.56. The van der Waals surface area contributed by atoms with E-state index in [0.29, 0.717) is 25.3 Å². The third kappa shape index (κ3) is 3.38. The Kier molecular flexibility index (Phi) is 4.48. The van der Waals surface area contributed by atoms with Crippen LogP contribution >= 0.6 is 0 Å². The molecule has 8 heteroatoms. The molecule has 0 bridgehead atoms. The molecule has 0 N–H and O–H groups in total. The Morgan fingerprint density at radius 3 is 2.79 bits per heavy atom. The number of hydrogen-bond donors (Lipinski definition) is 0. The highest BCUT2D eigenvalue weighted by molar-refractivity contribution is 5.48. The standard InChI is InChI=1S/C16H21N5O3/c1-11-6-16(17-8-15(11)21(22)23)19-4-5-24-14(9-19)10-20-13(3)7-12(2)18-20/h6-8,14H,4-5,9-10H2,1-3H3. The summed E-state index contributed by atoms with van der Waals surface area (Å²) in [5.74, 6) is 0.750. The molecule has 0 amide bonds. The number of aryl methyl sites for hydroxylation is 3. The van der Waals surface area contributed by atoms with E-state index >= 15 is 0 Å². The molecule has 0 aliphatic carbocycles. The maximum Gasteiger partial charge on any atom is 0.290 e. The zero-order valence-corrected chi connectivity index (χ0v) is 14.1. The average molecular weight is 331 g/mol. The first kappa shape index (κ1) is 16.4. The lowest BCUT2D eigenvalue weighted by Crippen LogP contribution is -2.44. The minimum atomic E-state index is -0.406. The number of nitrogens with zero attached hydrogens (tertiary/aromatic N) is 5. The molecule has 0 aromatic carbocycles.